The Bertz CT molecular complexity index is 432. The summed E-state index contributed by atoms with van der Waals surface area (Å²) < 4.78 is 11.5. The Morgan fingerprint density at radius 3 is 3.00 bits per heavy atom. The molecule has 1 fully saturated rings. The van der Waals surface area contributed by atoms with Gasteiger partial charge in [-0.05, 0) is 24.8 Å². The van der Waals surface area contributed by atoms with E-state index in [4.69, 9.17) is 15.2 Å². The molecule has 0 amide bonds. The molecular formula is C16H24N2O2. The van der Waals surface area contributed by atoms with Crippen molar-refractivity contribution in [2.75, 3.05) is 32.9 Å². The normalized spacial score (nSPS) is 25.4. The van der Waals surface area contributed by atoms with Crippen LogP contribution in [0, 0.1) is 5.92 Å². The second-order valence-electron chi connectivity index (χ2n) is 5.71. The lowest BCUT2D eigenvalue weighted by Crippen LogP contribution is -2.48. The molecule has 4 heteroatoms. The molecule has 0 aliphatic carbocycles. The fourth-order valence-corrected chi connectivity index (χ4v) is 3.34. The van der Waals surface area contributed by atoms with Crippen LogP contribution in [0.4, 0.5) is 0 Å². The third-order valence-electron chi connectivity index (χ3n) is 4.43. The number of nitrogens with zero attached hydrogens (tertiary/aromatic N) is 1. The van der Waals surface area contributed by atoms with Gasteiger partial charge >= 0.3 is 0 Å². The summed E-state index contributed by atoms with van der Waals surface area (Å²) in [6.45, 7) is 5.04. The highest BCUT2D eigenvalue weighted by Crippen LogP contribution is 2.27. The fourth-order valence-electron chi connectivity index (χ4n) is 3.34. The lowest BCUT2D eigenvalue weighted by atomic mass is 9.92. The van der Waals surface area contributed by atoms with Gasteiger partial charge in [-0.3, -0.25) is 4.90 Å². The van der Waals surface area contributed by atoms with Gasteiger partial charge in [-0.1, -0.05) is 18.2 Å². The van der Waals surface area contributed by atoms with Crippen molar-refractivity contribution in [2.24, 2.45) is 11.7 Å². The van der Waals surface area contributed by atoms with Crippen LogP contribution in [0.5, 0.6) is 5.75 Å². The Morgan fingerprint density at radius 2 is 2.20 bits per heavy atom. The quantitative estimate of drug-likeness (QED) is 0.911. The number of para-hydroxylation sites is 1. The number of nitrogens with two attached hydrogens (primary N) is 1. The summed E-state index contributed by atoms with van der Waals surface area (Å²) in [6, 6.07) is 8.71. The van der Waals surface area contributed by atoms with Crippen LogP contribution in [0.15, 0.2) is 24.3 Å². The molecule has 0 bridgehead atoms. The molecule has 3 rings (SSSR count). The SMILES string of the molecule is NCC(C1CCCOC1)N1CCOc2ccccc2C1. The Balaban J connectivity index is 1.74. The molecule has 2 aliphatic rings. The highest BCUT2D eigenvalue weighted by molar-refractivity contribution is 5.33. The molecule has 2 aliphatic heterocycles. The monoisotopic (exact) mass is 276 g/mol. The van der Waals surface area contributed by atoms with E-state index in [-0.39, 0.29) is 0 Å². The zero-order chi connectivity index (χ0) is 13.8. The molecular weight excluding hydrogens is 252 g/mol. The molecule has 2 atom stereocenters. The standard InChI is InChI=1S/C16H24N2O2/c17-10-15(14-5-3-8-19-12-14)18-7-9-20-16-6-2-1-4-13(16)11-18/h1-2,4,6,14-15H,3,5,7-12,17H2. The van der Waals surface area contributed by atoms with Crippen molar-refractivity contribution in [2.45, 2.75) is 25.4 Å². The minimum atomic E-state index is 0.394. The Hall–Kier alpha value is -1.10. The van der Waals surface area contributed by atoms with E-state index in [1.165, 1.54) is 12.0 Å². The summed E-state index contributed by atoms with van der Waals surface area (Å²) >= 11 is 0. The summed E-state index contributed by atoms with van der Waals surface area (Å²) in [5, 5.41) is 0. The second-order valence-corrected chi connectivity index (χ2v) is 5.71. The first-order chi connectivity index (χ1) is 9.88. The van der Waals surface area contributed by atoms with E-state index in [2.05, 4.69) is 23.1 Å². The highest BCUT2D eigenvalue weighted by atomic mass is 16.5. The average molecular weight is 276 g/mol. The van der Waals surface area contributed by atoms with E-state index >= 15 is 0 Å². The van der Waals surface area contributed by atoms with E-state index in [0.29, 0.717) is 18.5 Å². The topological polar surface area (TPSA) is 47.7 Å². The summed E-state index contributed by atoms with van der Waals surface area (Å²) in [4.78, 5) is 2.48. The molecule has 1 aromatic carbocycles. The van der Waals surface area contributed by atoms with Gasteiger partial charge in [0, 0.05) is 37.8 Å². The van der Waals surface area contributed by atoms with Gasteiger partial charge in [-0.15, -0.1) is 0 Å². The van der Waals surface area contributed by atoms with Crippen LogP contribution in [-0.4, -0.2) is 43.9 Å². The summed E-state index contributed by atoms with van der Waals surface area (Å²) in [7, 11) is 0. The summed E-state index contributed by atoms with van der Waals surface area (Å²) in [5.74, 6) is 1.57. The zero-order valence-corrected chi connectivity index (χ0v) is 12.0. The van der Waals surface area contributed by atoms with Crippen molar-refractivity contribution in [3.8, 4) is 5.75 Å². The van der Waals surface area contributed by atoms with Crippen LogP contribution in [-0.2, 0) is 11.3 Å². The van der Waals surface area contributed by atoms with Crippen LogP contribution in [0.2, 0.25) is 0 Å². The lowest BCUT2D eigenvalue weighted by Gasteiger charge is -2.37. The Labute approximate surface area is 120 Å². The lowest BCUT2D eigenvalue weighted by molar-refractivity contribution is 0.00792. The van der Waals surface area contributed by atoms with Crippen molar-refractivity contribution < 1.29 is 9.47 Å². The minimum Gasteiger partial charge on any atom is -0.492 e. The van der Waals surface area contributed by atoms with Crippen LogP contribution in [0.1, 0.15) is 18.4 Å². The largest absolute Gasteiger partial charge is 0.492 e. The van der Waals surface area contributed by atoms with Crippen molar-refractivity contribution in [1.29, 1.82) is 0 Å². The van der Waals surface area contributed by atoms with E-state index in [9.17, 15) is 0 Å². The van der Waals surface area contributed by atoms with E-state index < -0.39 is 0 Å². The maximum atomic E-state index is 6.07. The van der Waals surface area contributed by atoms with Crippen LogP contribution >= 0.6 is 0 Å². The first-order valence-corrected chi connectivity index (χ1v) is 7.61. The second kappa shape index (κ2) is 6.57. The maximum absolute atomic E-state index is 6.07. The smallest absolute Gasteiger partial charge is 0.123 e. The fraction of sp³-hybridized carbons (Fsp3) is 0.625. The molecule has 4 nitrogen and oxygen atoms in total. The van der Waals surface area contributed by atoms with E-state index in [0.717, 1.165) is 45.1 Å². The first-order valence-electron chi connectivity index (χ1n) is 7.61. The predicted molar refractivity (Wildman–Crippen MR) is 78.7 cm³/mol. The third-order valence-corrected chi connectivity index (χ3v) is 4.43. The molecule has 0 aromatic heterocycles. The minimum absolute atomic E-state index is 0.394. The Kier molecular flexibility index (Phi) is 4.55. The van der Waals surface area contributed by atoms with Crippen molar-refractivity contribution >= 4 is 0 Å². The highest BCUT2D eigenvalue weighted by Gasteiger charge is 2.29. The zero-order valence-electron chi connectivity index (χ0n) is 12.0. The summed E-state index contributed by atoms with van der Waals surface area (Å²) in [6.07, 6.45) is 2.38. The molecule has 1 aromatic rings. The predicted octanol–water partition coefficient (Wildman–Crippen LogP) is 1.63. The molecule has 0 saturated carbocycles. The van der Waals surface area contributed by atoms with Gasteiger partial charge in [0.1, 0.15) is 12.4 Å². The van der Waals surface area contributed by atoms with Gasteiger partial charge in [-0.25, -0.2) is 0 Å². The van der Waals surface area contributed by atoms with Crippen molar-refractivity contribution in [3.05, 3.63) is 29.8 Å². The molecule has 2 unspecified atom stereocenters. The average Bonchev–Trinajstić information content (AvgIpc) is 2.71. The number of hydrogen-bond donors (Lipinski definition) is 1. The van der Waals surface area contributed by atoms with Gasteiger partial charge in [0.05, 0.1) is 6.61 Å². The molecule has 0 radical (unpaired) electrons. The van der Waals surface area contributed by atoms with Gasteiger partial charge in [0.25, 0.3) is 0 Å². The number of hydrogen-bond acceptors (Lipinski definition) is 4. The maximum Gasteiger partial charge on any atom is 0.123 e. The van der Waals surface area contributed by atoms with Crippen molar-refractivity contribution in [1.82, 2.24) is 4.90 Å². The molecule has 1 saturated heterocycles. The molecule has 2 heterocycles. The van der Waals surface area contributed by atoms with Crippen molar-refractivity contribution in [3.63, 3.8) is 0 Å². The van der Waals surface area contributed by atoms with Crippen LogP contribution < -0.4 is 10.5 Å². The van der Waals surface area contributed by atoms with E-state index in [1.807, 2.05) is 6.07 Å². The molecule has 110 valence electrons. The van der Waals surface area contributed by atoms with E-state index in [1.54, 1.807) is 0 Å². The number of benzene rings is 1. The first kappa shape index (κ1) is 13.9. The van der Waals surface area contributed by atoms with Gasteiger partial charge in [0.15, 0.2) is 0 Å². The number of fused-ring (bicyclic) bond motifs is 1. The molecule has 0 spiro atoms. The van der Waals surface area contributed by atoms with Crippen LogP contribution in [0.25, 0.3) is 0 Å². The number of rotatable bonds is 3. The van der Waals surface area contributed by atoms with Gasteiger partial charge in [0.2, 0.25) is 0 Å². The Morgan fingerprint density at radius 1 is 1.30 bits per heavy atom. The molecule has 20 heavy (non-hydrogen) atoms. The number of ether oxygens (including phenoxy) is 2. The molecule has 2 N–H and O–H groups in total. The van der Waals surface area contributed by atoms with Gasteiger partial charge in [-0.2, -0.15) is 0 Å². The van der Waals surface area contributed by atoms with Gasteiger partial charge < -0.3 is 15.2 Å². The third kappa shape index (κ3) is 2.97. The summed E-state index contributed by atoms with van der Waals surface area (Å²) in [5.41, 5.74) is 7.33. The van der Waals surface area contributed by atoms with Crippen LogP contribution in [0.3, 0.4) is 0 Å².